The van der Waals surface area contributed by atoms with Crippen molar-refractivity contribution in [2.45, 2.75) is 32.7 Å². The first-order chi connectivity index (χ1) is 7.75. The fourth-order valence-electron chi connectivity index (χ4n) is 1.81. The van der Waals surface area contributed by atoms with E-state index in [-0.39, 0.29) is 0 Å². The lowest BCUT2D eigenvalue weighted by atomic mass is 10.1. The third kappa shape index (κ3) is 3.27. The average molecular weight is 240 g/mol. The molecule has 4 heteroatoms. The van der Waals surface area contributed by atoms with E-state index in [1.165, 1.54) is 9.88 Å². The zero-order valence-corrected chi connectivity index (χ0v) is 10.8. The molecule has 2 heterocycles. The number of nitrogens with zero attached hydrogens (tertiary/aromatic N) is 1. The number of thiazole rings is 1. The number of hydrogen-bond acceptors (Lipinski definition) is 4. The van der Waals surface area contributed by atoms with Gasteiger partial charge in [0.15, 0.2) is 0 Å². The van der Waals surface area contributed by atoms with Crippen molar-refractivity contribution in [2.75, 3.05) is 19.8 Å². The molecule has 1 fully saturated rings. The lowest BCUT2D eigenvalue weighted by Gasteiger charge is -2.05. The first-order valence-corrected chi connectivity index (χ1v) is 6.80. The molecule has 16 heavy (non-hydrogen) atoms. The highest BCUT2D eigenvalue weighted by Crippen LogP contribution is 2.28. The molecule has 1 atom stereocenters. The average Bonchev–Trinajstić information content (AvgIpc) is 2.85. The highest BCUT2D eigenvalue weighted by molar-refractivity contribution is 7.11. The predicted molar refractivity (Wildman–Crippen MR) is 66.8 cm³/mol. The Hall–Kier alpha value is -0.450. The van der Waals surface area contributed by atoms with Crippen molar-refractivity contribution in [3.05, 3.63) is 16.1 Å². The summed E-state index contributed by atoms with van der Waals surface area (Å²) in [6.07, 6.45) is 3.14. The van der Waals surface area contributed by atoms with E-state index in [9.17, 15) is 0 Å². The lowest BCUT2D eigenvalue weighted by molar-refractivity contribution is 0.194. The molecule has 0 spiro atoms. The predicted octanol–water partition coefficient (Wildman–Crippen LogP) is 2.39. The Balaban J connectivity index is 1.82. The smallest absolute Gasteiger partial charge is 0.0982 e. The Morgan fingerprint density at radius 2 is 2.50 bits per heavy atom. The van der Waals surface area contributed by atoms with Crippen LogP contribution in [-0.4, -0.2) is 24.7 Å². The van der Waals surface area contributed by atoms with E-state index in [0.29, 0.717) is 11.8 Å². The van der Waals surface area contributed by atoms with Gasteiger partial charge in [-0.15, -0.1) is 11.3 Å². The highest BCUT2D eigenvalue weighted by Gasteiger charge is 2.20. The third-order valence-electron chi connectivity index (χ3n) is 2.70. The van der Waals surface area contributed by atoms with Gasteiger partial charge in [0.2, 0.25) is 0 Å². The van der Waals surface area contributed by atoms with Crippen LogP contribution >= 0.6 is 11.3 Å². The van der Waals surface area contributed by atoms with Gasteiger partial charge in [0.05, 0.1) is 11.6 Å². The summed E-state index contributed by atoms with van der Waals surface area (Å²) in [5.74, 6) is 1.25. The summed E-state index contributed by atoms with van der Waals surface area (Å²) in [5.41, 5.74) is 0. The van der Waals surface area contributed by atoms with Crippen LogP contribution in [0.5, 0.6) is 0 Å². The van der Waals surface area contributed by atoms with Gasteiger partial charge in [0, 0.05) is 30.1 Å². The van der Waals surface area contributed by atoms with Crippen molar-refractivity contribution < 1.29 is 4.74 Å². The van der Waals surface area contributed by atoms with Gasteiger partial charge in [-0.05, 0) is 18.9 Å². The van der Waals surface area contributed by atoms with Gasteiger partial charge in [-0.25, -0.2) is 4.98 Å². The van der Waals surface area contributed by atoms with Gasteiger partial charge in [-0.3, -0.25) is 0 Å². The normalized spacial score (nSPS) is 20.8. The molecule has 1 aromatic heterocycles. The second-order valence-electron chi connectivity index (χ2n) is 4.75. The molecule has 1 aromatic rings. The zero-order chi connectivity index (χ0) is 11.4. The molecule has 0 bridgehead atoms. The van der Waals surface area contributed by atoms with E-state index in [1.807, 2.05) is 17.5 Å². The molecule has 0 aliphatic carbocycles. The van der Waals surface area contributed by atoms with Crippen molar-refractivity contribution in [3.63, 3.8) is 0 Å². The molecule has 1 saturated heterocycles. The Bertz CT molecular complexity index is 319. The van der Waals surface area contributed by atoms with Crippen LogP contribution in [0.1, 0.15) is 36.1 Å². The Morgan fingerprint density at radius 3 is 3.19 bits per heavy atom. The third-order valence-corrected chi connectivity index (χ3v) is 3.86. The largest absolute Gasteiger partial charge is 0.381 e. The van der Waals surface area contributed by atoms with E-state index >= 15 is 0 Å². The summed E-state index contributed by atoms with van der Waals surface area (Å²) in [6, 6.07) is 0. The highest BCUT2D eigenvalue weighted by atomic mass is 32.1. The Kier molecular flexibility index (Phi) is 4.32. The second kappa shape index (κ2) is 5.75. The van der Waals surface area contributed by atoms with Crippen LogP contribution in [0.15, 0.2) is 6.20 Å². The van der Waals surface area contributed by atoms with Crippen LogP contribution in [0.25, 0.3) is 0 Å². The van der Waals surface area contributed by atoms with Gasteiger partial charge < -0.3 is 10.1 Å². The minimum Gasteiger partial charge on any atom is -0.381 e. The molecule has 2 rings (SSSR count). The lowest BCUT2D eigenvalue weighted by Crippen LogP contribution is -2.18. The molecule has 1 aliphatic heterocycles. The van der Waals surface area contributed by atoms with Crippen molar-refractivity contribution in [1.82, 2.24) is 10.3 Å². The maximum Gasteiger partial charge on any atom is 0.0982 e. The maximum absolute atomic E-state index is 5.38. The van der Waals surface area contributed by atoms with Gasteiger partial charge in [-0.1, -0.05) is 13.8 Å². The molecule has 3 nitrogen and oxygen atoms in total. The molecule has 0 saturated carbocycles. The number of nitrogens with one attached hydrogen (secondary N) is 1. The first kappa shape index (κ1) is 12.0. The van der Waals surface area contributed by atoms with Gasteiger partial charge in [0.1, 0.15) is 0 Å². The first-order valence-electron chi connectivity index (χ1n) is 5.98. The standard InChI is InChI=1S/C12H20N2OS/c1-9(2)5-13-6-11-7-14-12(16-11)10-3-4-15-8-10/h7,9-10,13H,3-6,8H2,1-2H3. The quantitative estimate of drug-likeness (QED) is 0.858. The molecule has 0 aromatic carbocycles. The van der Waals surface area contributed by atoms with E-state index in [4.69, 9.17) is 4.74 Å². The van der Waals surface area contributed by atoms with E-state index in [2.05, 4.69) is 24.1 Å². The number of ether oxygens (including phenoxy) is 1. The fourth-order valence-corrected chi connectivity index (χ4v) is 2.81. The van der Waals surface area contributed by atoms with Crippen LogP contribution in [0.2, 0.25) is 0 Å². The van der Waals surface area contributed by atoms with Crippen LogP contribution in [0.3, 0.4) is 0 Å². The summed E-state index contributed by atoms with van der Waals surface area (Å²) in [7, 11) is 0. The summed E-state index contributed by atoms with van der Waals surface area (Å²) >= 11 is 1.83. The summed E-state index contributed by atoms with van der Waals surface area (Å²) in [5, 5.41) is 4.69. The second-order valence-corrected chi connectivity index (χ2v) is 5.90. The molecule has 1 N–H and O–H groups in total. The molecular formula is C12H20N2OS. The van der Waals surface area contributed by atoms with Crippen molar-refractivity contribution >= 4 is 11.3 Å². The van der Waals surface area contributed by atoms with E-state index in [0.717, 1.165) is 32.7 Å². The van der Waals surface area contributed by atoms with Crippen LogP contribution in [0, 0.1) is 5.92 Å². The number of hydrogen-bond donors (Lipinski definition) is 1. The fraction of sp³-hybridized carbons (Fsp3) is 0.750. The molecule has 0 amide bonds. The van der Waals surface area contributed by atoms with E-state index < -0.39 is 0 Å². The Morgan fingerprint density at radius 1 is 1.62 bits per heavy atom. The SMILES string of the molecule is CC(C)CNCc1cnc(C2CCOC2)s1. The molecule has 90 valence electrons. The monoisotopic (exact) mass is 240 g/mol. The summed E-state index contributed by atoms with van der Waals surface area (Å²) in [6.45, 7) is 8.21. The molecule has 1 aliphatic rings. The number of aromatic nitrogens is 1. The number of rotatable bonds is 5. The summed E-state index contributed by atoms with van der Waals surface area (Å²) < 4.78 is 5.38. The topological polar surface area (TPSA) is 34.2 Å². The van der Waals surface area contributed by atoms with Crippen molar-refractivity contribution in [3.8, 4) is 0 Å². The van der Waals surface area contributed by atoms with Crippen molar-refractivity contribution in [1.29, 1.82) is 0 Å². The Labute approximate surface area is 101 Å². The van der Waals surface area contributed by atoms with Crippen LogP contribution in [-0.2, 0) is 11.3 Å². The molecule has 1 unspecified atom stereocenters. The van der Waals surface area contributed by atoms with Crippen LogP contribution in [0.4, 0.5) is 0 Å². The van der Waals surface area contributed by atoms with Crippen molar-refractivity contribution in [2.24, 2.45) is 5.92 Å². The minimum absolute atomic E-state index is 0.545. The summed E-state index contributed by atoms with van der Waals surface area (Å²) in [4.78, 5) is 5.83. The maximum atomic E-state index is 5.38. The molecule has 0 radical (unpaired) electrons. The zero-order valence-electron chi connectivity index (χ0n) is 10.0. The van der Waals surface area contributed by atoms with Gasteiger partial charge in [0.25, 0.3) is 0 Å². The van der Waals surface area contributed by atoms with Gasteiger partial charge in [-0.2, -0.15) is 0 Å². The molecular weight excluding hydrogens is 220 g/mol. The van der Waals surface area contributed by atoms with Crippen LogP contribution < -0.4 is 5.32 Å². The van der Waals surface area contributed by atoms with Gasteiger partial charge >= 0.3 is 0 Å². The van der Waals surface area contributed by atoms with E-state index in [1.54, 1.807) is 0 Å². The minimum atomic E-state index is 0.545.